The SMILES string of the molecule is O=C(c1onc2ncccc12)N1CC2(COc3ccccc3C2)C1. The van der Waals surface area contributed by atoms with Gasteiger partial charge in [-0.1, -0.05) is 23.4 Å². The number of likely N-dealkylation sites (tertiary alicyclic amines) is 1. The van der Waals surface area contributed by atoms with E-state index in [0.717, 1.165) is 12.2 Å². The Morgan fingerprint density at radius 2 is 2.04 bits per heavy atom. The summed E-state index contributed by atoms with van der Waals surface area (Å²) in [6.07, 6.45) is 2.57. The molecule has 2 aliphatic heterocycles. The largest absolute Gasteiger partial charge is 0.493 e. The van der Waals surface area contributed by atoms with Gasteiger partial charge in [-0.3, -0.25) is 4.79 Å². The quantitative estimate of drug-likeness (QED) is 0.688. The topological polar surface area (TPSA) is 68.5 Å². The number of pyridine rings is 1. The van der Waals surface area contributed by atoms with Crippen LogP contribution in [0.15, 0.2) is 47.1 Å². The number of benzene rings is 1. The van der Waals surface area contributed by atoms with Crippen LogP contribution >= 0.6 is 0 Å². The summed E-state index contributed by atoms with van der Waals surface area (Å²) in [4.78, 5) is 18.6. The third-order valence-electron chi connectivity index (χ3n) is 4.86. The first-order valence-corrected chi connectivity index (χ1v) is 7.95. The van der Waals surface area contributed by atoms with Crippen molar-refractivity contribution < 1.29 is 14.1 Å². The second kappa shape index (κ2) is 4.80. The van der Waals surface area contributed by atoms with Gasteiger partial charge in [-0.05, 0) is 30.2 Å². The molecule has 4 heterocycles. The van der Waals surface area contributed by atoms with E-state index in [9.17, 15) is 4.79 Å². The zero-order valence-corrected chi connectivity index (χ0v) is 12.9. The van der Waals surface area contributed by atoms with Gasteiger partial charge in [0.25, 0.3) is 5.91 Å². The molecule has 1 fully saturated rings. The van der Waals surface area contributed by atoms with Crippen molar-refractivity contribution in [3.05, 3.63) is 53.9 Å². The van der Waals surface area contributed by atoms with E-state index in [-0.39, 0.29) is 17.1 Å². The molecule has 0 bridgehead atoms. The average Bonchev–Trinajstić information content (AvgIpc) is 3.03. The lowest BCUT2D eigenvalue weighted by Gasteiger charge is -2.51. The predicted octanol–water partition coefficient (Wildman–Crippen LogP) is 2.30. The maximum Gasteiger partial charge on any atom is 0.293 e. The number of rotatable bonds is 1. The van der Waals surface area contributed by atoms with E-state index in [1.807, 2.05) is 24.3 Å². The fourth-order valence-electron chi connectivity index (χ4n) is 3.67. The monoisotopic (exact) mass is 321 g/mol. The standard InChI is InChI=1S/C18H15N3O3/c22-17(15-13-5-3-7-19-16(13)20-24-15)21-9-18(10-21)8-12-4-1-2-6-14(12)23-11-18/h1-7H,8-11H2. The van der Waals surface area contributed by atoms with Gasteiger partial charge in [0.2, 0.25) is 11.4 Å². The summed E-state index contributed by atoms with van der Waals surface area (Å²) in [5, 5.41) is 4.52. The number of carbonyl (C=O) groups is 1. The van der Waals surface area contributed by atoms with E-state index < -0.39 is 0 Å². The van der Waals surface area contributed by atoms with Gasteiger partial charge in [0.05, 0.1) is 12.0 Å². The van der Waals surface area contributed by atoms with E-state index in [4.69, 9.17) is 9.26 Å². The highest BCUT2D eigenvalue weighted by Gasteiger charge is 2.49. The summed E-state index contributed by atoms with van der Waals surface area (Å²) in [7, 11) is 0. The highest BCUT2D eigenvalue weighted by Crippen LogP contribution is 2.41. The summed E-state index contributed by atoms with van der Waals surface area (Å²) in [6, 6.07) is 11.7. The van der Waals surface area contributed by atoms with Gasteiger partial charge < -0.3 is 14.2 Å². The molecule has 6 heteroatoms. The number of hydrogen-bond donors (Lipinski definition) is 0. The molecular formula is C18H15N3O3. The molecule has 1 amide bonds. The molecule has 0 aliphatic carbocycles. The molecule has 2 aliphatic rings. The minimum absolute atomic E-state index is 0.0120. The third-order valence-corrected chi connectivity index (χ3v) is 4.86. The predicted molar refractivity (Wildman–Crippen MR) is 85.8 cm³/mol. The highest BCUT2D eigenvalue weighted by molar-refractivity contribution is 6.03. The van der Waals surface area contributed by atoms with Crippen molar-refractivity contribution in [2.45, 2.75) is 6.42 Å². The van der Waals surface area contributed by atoms with E-state index in [1.165, 1.54) is 5.56 Å². The summed E-state index contributed by atoms with van der Waals surface area (Å²) in [6.45, 7) is 1.98. The molecule has 0 N–H and O–H groups in total. The molecule has 5 rings (SSSR count). The molecule has 1 aromatic carbocycles. The van der Waals surface area contributed by atoms with Crippen LogP contribution in [-0.2, 0) is 6.42 Å². The van der Waals surface area contributed by atoms with Gasteiger partial charge >= 0.3 is 0 Å². The number of nitrogens with zero attached hydrogens (tertiary/aromatic N) is 3. The third kappa shape index (κ3) is 1.92. The van der Waals surface area contributed by atoms with Gasteiger partial charge in [-0.15, -0.1) is 0 Å². The first-order valence-electron chi connectivity index (χ1n) is 7.95. The minimum Gasteiger partial charge on any atom is -0.493 e. The molecule has 1 spiro atoms. The van der Waals surface area contributed by atoms with Crippen LogP contribution in [0.4, 0.5) is 0 Å². The van der Waals surface area contributed by atoms with Crippen LogP contribution in [0.3, 0.4) is 0 Å². The fraction of sp³-hybridized carbons (Fsp3) is 0.278. The van der Waals surface area contributed by atoms with Crippen LogP contribution < -0.4 is 4.74 Å². The Balaban J connectivity index is 1.36. The van der Waals surface area contributed by atoms with E-state index in [2.05, 4.69) is 16.2 Å². The minimum atomic E-state index is -0.130. The maximum atomic E-state index is 12.7. The van der Waals surface area contributed by atoms with Gasteiger partial charge in [0.1, 0.15) is 5.75 Å². The van der Waals surface area contributed by atoms with Crippen molar-refractivity contribution >= 4 is 16.9 Å². The summed E-state index contributed by atoms with van der Waals surface area (Å²) < 4.78 is 11.1. The van der Waals surface area contributed by atoms with Crippen molar-refractivity contribution in [3.8, 4) is 5.75 Å². The second-order valence-corrected chi connectivity index (χ2v) is 6.62. The van der Waals surface area contributed by atoms with Crippen molar-refractivity contribution in [2.24, 2.45) is 5.41 Å². The van der Waals surface area contributed by atoms with Crippen molar-refractivity contribution in [1.29, 1.82) is 0 Å². The Hall–Kier alpha value is -2.89. The first-order chi connectivity index (χ1) is 11.7. The molecule has 1 saturated heterocycles. The zero-order valence-electron chi connectivity index (χ0n) is 12.9. The molecule has 0 unspecified atom stereocenters. The number of fused-ring (bicyclic) bond motifs is 2. The smallest absolute Gasteiger partial charge is 0.293 e. The number of carbonyl (C=O) groups excluding carboxylic acids is 1. The van der Waals surface area contributed by atoms with Crippen LogP contribution in [0.25, 0.3) is 11.0 Å². The fourth-order valence-corrected chi connectivity index (χ4v) is 3.67. The lowest BCUT2D eigenvalue weighted by molar-refractivity contribution is -0.0307. The lowest BCUT2D eigenvalue weighted by atomic mass is 9.74. The summed E-state index contributed by atoms with van der Waals surface area (Å²) in [5.41, 5.74) is 1.69. The molecule has 2 aromatic heterocycles. The number of amides is 1. The Morgan fingerprint density at radius 1 is 1.17 bits per heavy atom. The molecule has 6 nitrogen and oxygen atoms in total. The lowest BCUT2D eigenvalue weighted by Crippen LogP contribution is -2.62. The van der Waals surface area contributed by atoms with Gasteiger partial charge in [0, 0.05) is 24.7 Å². The van der Waals surface area contributed by atoms with Crippen LogP contribution in [0.5, 0.6) is 5.75 Å². The number of ether oxygens (including phenoxy) is 1. The van der Waals surface area contributed by atoms with E-state index >= 15 is 0 Å². The average molecular weight is 321 g/mol. The molecule has 120 valence electrons. The Morgan fingerprint density at radius 3 is 2.96 bits per heavy atom. The maximum absolute atomic E-state index is 12.7. The first kappa shape index (κ1) is 13.5. The molecular weight excluding hydrogens is 306 g/mol. The number of aromatic nitrogens is 2. The molecule has 0 saturated carbocycles. The molecule has 0 radical (unpaired) electrons. The van der Waals surface area contributed by atoms with Crippen LogP contribution in [0.1, 0.15) is 16.1 Å². The van der Waals surface area contributed by atoms with E-state index in [1.54, 1.807) is 17.2 Å². The molecule has 0 atom stereocenters. The normalized spacial score (nSPS) is 18.1. The molecule has 3 aromatic rings. The Bertz CT molecular complexity index is 943. The zero-order chi connectivity index (χ0) is 16.1. The van der Waals surface area contributed by atoms with Gasteiger partial charge in [0.15, 0.2) is 0 Å². The van der Waals surface area contributed by atoms with Crippen LogP contribution in [0, 0.1) is 5.41 Å². The van der Waals surface area contributed by atoms with Gasteiger partial charge in [-0.2, -0.15) is 0 Å². The van der Waals surface area contributed by atoms with Crippen LogP contribution in [0.2, 0.25) is 0 Å². The van der Waals surface area contributed by atoms with Gasteiger partial charge in [-0.25, -0.2) is 4.98 Å². The Kier molecular flexibility index (Phi) is 2.71. The van der Waals surface area contributed by atoms with Crippen molar-refractivity contribution in [1.82, 2.24) is 15.0 Å². The van der Waals surface area contributed by atoms with Crippen molar-refractivity contribution in [3.63, 3.8) is 0 Å². The van der Waals surface area contributed by atoms with Crippen LogP contribution in [-0.4, -0.2) is 40.6 Å². The molecule has 24 heavy (non-hydrogen) atoms. The Labute approximate surface area is 138 Å². The van der Waals surface area contributed by atoms with E-state index in [0.29, 0.717) is 30.7 Å². The highest BCUT2D eigenvalue weighted by atomic mass is 16.5. The summed E-state index contributed by atoms with van der Waals surface area (Å²) >= 11 is 0. The number of hydrogen-bond acceptors (Lipinski definition) is 5. The number of para-hydroxylation sites is 1. The van der Waals surface area contributed by atoms with Crippen molar-refractivity contribution in [2.75, 3.05) is 19.7 Å². The summed E-state index contributed by atoms with van der Waals surface area (Å²) in [5.74, 6) is 1.10. The second-order valence-electron chi connectivity index (χ2n) is 6.62.